The van der Waals surface area contributed by atoms with Gasteiger partial charge >= 0.3 is 0 Å². The normalized spacial score (nSPS) is 11.6. The number of amides is 2. The van der Waals surface area contributed by atoms with E-state index in [4.69, 9.17) is 4.74 Å². The van der Waals surface area contributed by atoms with Crippen LogP contribution in [-0.2, 0) is 16.1 Å². The number of aryl methyl sites for hydroxylation is 2. The molecule has 0 aliphatic rings. The second kappa shape index (κ2) is 9.76. The fraction of sp³-hybridized carbons (Fsp3) is 0.364. The van der Waals surface area contributed by atoms with Crippen molar-refractivity contribution in [3.05, 3.63) is 65.2 Å². The molecule has 0 bridgehead atoms. The minimum absolute atomic E-state index is 0.108. The van der Waals surface area contributed by atoms with Crippen molar-refractivity contribution in [3.63, 3.8) is 0 Å². The molecular formula is C22H28N2O3. The van der Waals surface area contributed by atoms with Gasteiger partial charge in [-0.05, 0) is 49.1 Å². The summed E-state index contributed by atoms with van der Waals surface area (Å²) >= 11 is 0. The van der Waals surface area contributed by atoms with Crippen LogP contribution in [0, 0.1) is 13.8 Å². The molecule has 27 heavy (non-hydrogen) atoms. The summed E-state index contributed by atoms with van der Waals surface area (Å²) in [6.07, 6.45) is 0.530. The van der Waals surface area contributed by atoms with Gasteiger partial charge in [-0.1, -0.05) is 43.3 Å². The first kappa shape index (κ1) is 20.5. The van der Waals surface area contributed by atoms with Gasteiger partial charge in [0.2, 0.25) is 5.91 Å². The molecule has 5 nitrogen and oxygen atoms in total. The lowest BCUT2D eigenvalue weighted by Crippen LogP contribution is -2.49. The largest absolute Gasteiger partial charge is 0.484 e. The van der Waals surface area contributed by atoms with Gasteiger partial charge in [0.15, 0.2) is 6.61 Å². The molecule has 0 aliphatic heterocycles. The Bertz CT molecular complexity index is 774. The van der Waals surface area contributed by atoms with Crippen LogP contribution in [0.25, 0.3) is 0 Å². The van der Waals surface area contributed by atoms with Gasteiger partial charge < -0.3 is 15.0 Å². The summed E-state index contributed by atoms with van der Waals surface area (Å²) in [7, 11) is 1.59. The Kier molecular flexibility index (Phi) is 7.41. The lowest BCUT2D eigenvalue weighted by Gasteiger charge is -2.30. The van der Waals surface area contributed by atoms with Crippen LogP contribution in [0.3, 0.4) is 0 Å². The SMILES string of the molecule is CC[C@@H](C(=O)NC)N(Cc1ccccc1)C(=O)COc1ccc(C)c(C)c1. The maximum absolute atomic E-state index is 12.9. The first-order valence-electron chi connectivity index (χ1n) is 9.21. The quantitative estimate of drug-likeness (QED) is 0.778. The van der Waals surface area contributed by atoms with E-state index >= 15 is 0 Å². The van der Waals surface area contributed by atoms with E-state index in [1.54, 1.807) is 11.9 Å². The molecule has 0 aliphatic carbocycles. The van der Waals surface area contributed by atoms with Crippen molar-refractivity contribution < 1.29 is 14.3 Å². The van der Waals surface area contributed by atoms with Gasteiger partial charge in [0, 0.05) is 13.6 Å². The van der Waals surface area contributed by atoms with E-state index in [0.717, 1.165) is 11.1 Å². The van der Waals surface area contributed by atoms with Crippen LogP contribution in [0.2, 0.25) is 0 Å². The maximum Gasteiger partial charge on any atom is 0.261 e. The van der Waals surface area contributed by atoms with Gasteiger partial charge in [-0.2, -0.15) is 0 Å². The second-order valence-electron chi connectivity index (χ2n) is 6.58. The molecule has 2 amide bonds. The molecule has 0 spiro atoms. The van der Waals surface area contributed by atoms with Crippen molar-refractivity contribution in [2.45, 2.75) is 39.8 Å². The Hall–Kier alpha value is -2.82. The highest BCUT2D eigenvalue weighted by molar-refractivity contribution is 5.88. The third-order valence-electron chi connectivity index (χ3n) is 4.67. The smallest absolute Gasteiger partial charge is 0.261 e. The first-order chi connectivity index (χ1) is 13.0. The Morgan fingerprint density at radius 3 is 2.37 bits per heavy atom. The van der Waals surface area contributed by atoms with Crippen molar-refractivity contribution in [2.75, 3.05) is 13.7 Å². The fourth-order valence-electron chi connectivity index (χ4n) is 2.90. The van der Waals surface area contributed by atoms with Crippen LogP contribution in [0.5, 0.6) is 5.75 Å². The van der Waals surface area contributed by atoms with E-state index in [-0.39, 0.29) is 18.4 Å². The second-order valence-corrected chi connectivity index (χ2v) is 6.58. The number of rotatable bonds is 8. The number of nitrogens with zero attached hydrogens (tertiary/aromatic N) is 1. The van der Waals surface area contributed by atoms with Crippen LogP contribution in [0.1, 0.15) is 30.0 Å². The predicted octanol–water partition coefficient (Wildman–Crippen LogP) is 3.24. The molecule has 144 valence electrons. The highest BCUT2D eigenvalue weighted by Gasteiger charge is 2.28. The van der Waals surface area contributed by atoms with E-state index in [1.165, 1.54) is 5.56 Å². The van der Waals surface area contributed by atoms with Crippen molar-refractivity contribution in [1.82, 2.24) is 10.2 Å². The standard InChI is InChI=1S/C22H28N2O3/c1-5-20(22(26)23-4)24(14-18-9-7-6-8-10-18)21(25)15-27-19-12-11-16(2)17(3)13-19/h6-13,20H,5,14-15H2,1-4H3,(H,23,26)/t20-/m0/s1. The van der Waals surface area contributed by atoms with Crippen molar-refractivity contribution >= 4 is 11.8 Å². The third-order valence-corrected chi connectivity index (χ3v) is 4.67. The average Bonchev–Trinajstić information content (AvgIpc) is 2.69. The van der Waals surface area contributed by atoms with Crippen molar-refractivity contribution in [2.24, 2.45) is 0 Å². The molecule has 2 aromatic rings. The average molecular weight is 368 g/mol. The zero-order valence-corrected chi connectivity index (χ0v) is 16.5. The first-order valence-corrected chi connectivity index (χ1v) is 9.21. The maximum atomic E-state index is 12.9. The van der Waals surface area contributed by atoms with Gasteiger partial charge in [0.1, 0.15) is 11.8 Å². The topological polar surface area (TPSA) is 58.6 Å². The summed E-state index contributed by atoms with van der Waals surface area (Å²) in [6, 6.07) is 14.9. The van der Waals surface area contributed by atoms with Gasteiger partial charge in [-0.15, -0.1) is 0 Å². The van der Waals surface area contributed by atoms with Crippen molar-refractivity contribution in [1.29, 1.82) is 0 Å². The van der Waals surface area contributed by atoms with Crippen LogP contribution in [-0.4, -0.2) is 36.4 Å². The molecule has 0 heterocycles. The molecule has 0 aromatic heterocycles. The fourth-order valence-corrected chi connectivity index (χ4v) is 2.90. The zero-order valence-electron chi connectivity index (χ0n) is 16.5. The summed E-state index contributed by atoms with van der Waals surface area (Å²) in [6.45, 7) is 6.19. The predicted molar refractivity (Wildman–Crippen MR) is 107 cm³/mol. The number of likely N-dealkylation sites (N-methyl/N-ethyl adjacent to an activating group) is 1. The molecule has 2 rings (SSSR count). The van der Waals surface area contributed by atoms with E-state index in [0.29, 0.717) is 18.7 Å². The Labute approximate surface area is 161 Å². The monoisotopic (exact) mass is 368 g/mol. The molecule has 0 saturated carbocycles. The molecule has 0 fully saturated rings. The molecule has 0 saturated heterocycles. The number of hydrogen-bond acceptors (Lipinski definition) is 3. The van der Waals surface area contributed by atoms with E-state index in [9.17, 15) is 9.59 Å². The van der Waals surface area contributed by atoms with E-state index < -0.39 is 6.04 Å². The minimum Gasteiger partial charge on any atom is -0.484 e. The summed E-state index contributed by atoms with van der Waals surface area (Å²) in [4.78, 5) is 26.8. The number of benzene rings is 2. The number of ether oxygens (including phenoxy) is 1. The molecule has 0 unspecified atom stereocenters. The molecule has 1 atom stereocenters. The molecule has 1 N–H and O–H groups in total. The minimum atomic E-state index is -0.536. The molecule has 0 radical (unpaired) electrons. The Balaban J connectivity index is 2.16. The van der Waals surface area contributed by atoms with Gasteiger partial charge in [-0.25, -0.2) is 0 Å². The summed E-state index contributed by atoms with van der Waals surface area (Å²) < 4.78 is 5.71. The molecule has 5 heteroatoms. The third kappa shape index (κ3) is 5.58. The lowest BCUT2D eigenvalue weighted by atomic mass is 10.1. The summed E-state index contributed by atoms with van der Waals surface area (Å²) in [5.74, 6) is 0.264. The van der Waals surface area contributed by atoms with Crippen LogP contribution < -0.4 is 10.1 Å². The number of hydrogen-bond donors (Lipinski definition) is 1. The van der Waals surface area contributed by atoms with Gasteiger partial charge in [0.25, 0.3) is 5.91 Å². The number of nitrogens with one attached hydrogen (secondary N) is 1. The van der Waals surface area contributed by atoms with Gasteiger partial charge in [-0.3, -0.25) is 9.59 Å². The van der Waals surface area contributed by atoms with E-state index in [1.807, 2.05) is 69.3 Å². The summed E-state index contributed by atoms with van der Waals surface area (Å²) in [5.41, 5.74) is 3.25. The van der Waals surface area contributed by atoms with E-state index in [2.05, 4.69) is 5.32 Å². The lowest BCUT2D eigenvalue weighted by molar-refractivity contribution is -0.142. The summed E-state index contributed by atoms with van der Waals surface area (Å²) in [5, 5.41) is 2.65. The number of carbonyl (C=O) groups is 2. The van der Waals surface area contributed by atoms with Crippen molar-refractivity contribution in [3.8, 4) is 5.75 Å². The van der Waals surface area contributed by atoms with Crippen LogP contribution >= 0.6 is 0 Å². The Morgan fingerprint density at radius 1 is 1.07 bits per heavy atom. The highest BCUT2D eigenvalue weighted by atomic mass is 16.5. The zero-order chi connectivity index (χ0) is 19.8. The Morgan fingerprint density at radius 2 is 1.78 bits per heavy atom. The van der Waals surface area contributed by atoms with Crippen LogP contribution in [0.4, 0.5) is 0 Å². The van der Waals surface area contributed by atoms with Crippen LogP contribution in [0.15, 0.2) is 48.5 Å². The van der Waals surface area contributed by atoms with Gasteiger partial charge in [0.05, 0.1) is 0 Å². The molecule has 2 aromatic carbocycles. The highest BCUT2D eigenvalue weighted by Crippen LogP contribution is 2.17. The molecular weight excluding hydrogens is 340 g/mol. The number of carbonyl (C=O) groups excluding carboxylic acids is 2.